The molecule has 0 aliphatic carbocycles. The van der Waals surface area contributed by atoms with Crippen LogP contribution in [0.5, 0.6) is 0 Å². The predicted octanol–water partition coefficient (Wildman–Crippen LogP) is 3.34. The second-order valence-electron chi connectivity index (χ2n) is 4.15. The van der Waals surface area contributed by atoms with Crippen molar-refractivity contribution in [1.29, 1.82) is 0 Å². The highest BCUT2D eigenvalue weighted by molar-refractivity contribution is 6.30. The molecule has 0 aliphatic rings. The van der Waals surface area contributed by atoms with Crippen molar-refractivity contribution < 1.29 is 4.39 Å². The number of hydrogen-bond donors (Lipinski definition) is 2. The lowest BCUT2D eigenvalue weighted by molar-refractivity contribution is 0.560. The first-order valence-corrected chi connectivity index (χ1v) is 5.98. The van der Waals surface area contributed by atoms with Crippen LogP contribution in [0.25, 0.3) is 0 Å². The molecule has 0 bridgehead atoms. The quantitative estimate of drug-likeness (QED) is 0.659. The van der Waals surface area contributed by atoms with Gasteiger partial charge in [0.2, 0.25) is 0 Å². The maximum Gasteiger partial charge on any atom is 0.146 e. The van der Waals surface area contributed by atoms with Crippen molar-refractivity contribution >= 4 is 11.6 Å². The summed E-state index contributed by atoms with van der Waals surface area (Å²) in [5, 5.41) is 0.0971. The largest absolute Gasteiger partial charge is 0.271 e. The van der Waals surface area contributed by atoms with Crippen LogP contribution >= 0.6 is 11.6 Å². The summed E-state index contributed by atoms with van der Waals surface area (Å²) in [4.78, 5) is 0. The van der Waals surface area contributed by atoms with E-state index in [4.69, 9.17) is 17.4 Å². The van der Waals surface area contributed by atoms with Crippen molar-refractivity contribution in [1.82, 2.24) is 5.43 Å². The highest BCUT2D eigenvalue weighted by Gasteiger charge is 2.17. The third kappa shape index (κ3) is 2.53. The van der Waals surface area contributed by atoms with Crippen LogP contribution in [0.4, 0.5) is 4.39 Å². The van der Waals surface area contributed by atoms with Crippen molar-refractivity contribution in [2.45, 2.75) is 13.0 Å². The average Bonchev–Trinajstić information content (AvgIpc) is 2.37. The first kappa shape index (κ1) is 13.0. The molecule has 0 saturated heterocycles. The van der Waals surface area contributed by atoms with E-state index in [1.54, 1.807) is 12.1 Å². The van der Waals surface area contributed by atoms with E-state index in [2.05, 4.69) is 5.43 Å². The Hall–Kier alpha value is -1.42. The molecule has 0 spiro atoms. The summed E-state index contributed by atoms with van der Waals surface area (Å²) in [6.45, 7) is 1.99. The van der Waals surface area contributed by atoms with E-state index in [0.717, 1.165) is 11.1 Å². The number of benzene rings is 2. The predicted molar refractivity (Wildman–Crippen MR) is 71.8 cm³/mol. The van der Waals surface area contributed by atoms with Gasteiger partial charge in [-0.25, -0.2) is 9.82 Å². The van der Waals surface area contributed by atoms with E-state index in [0.29, 0.717) is 5.56 Å². The maximum atomic E-state index is 14.0. The van der Waals surface area contributed by atoms with Gasteiger partial charge in [-0.05, 0) is 18.6 Å². The minimum atomic E-state index is -0.442. The molecule has 0 radical (unpaired) electrons. The van der Waals surface area contributed by atoms with Crippen molar-refractivity contribution in [2.24, 2.45) is 5.84 Å². The average molecular weight is 265 g/mol. The second-order valence-corrected chi connectivity index (χ2v) is 4.56. The Kier molecular flexibility index (Phi) is 3.97. The lowest BCUT2D eigenvalue weighted by Crippen LogP contribution is -2.29. The molecule has 1 unspecified atom stereocenters. The van der Waals surface area contributed by atoms with E-state index in [1.165, 1.54) is 6.07 Å². The molecule has 2 aromatic rings. The van der Waals surface area contributed by atoms with E-state index >= 15 is 0 Å². The highest BCUT2D eigenvalue weighted by atomic mass is 35.5. The minimum absolute atomic E-state index is 0.0971. The molecule has 1 atom stereocenters. The van der Waals surface area contributed by atoms with Gasteiger partial charge in [0, 0.05) is 5.56 Å². The van der Waals surface area contributed by atoms with E-state index in [9.17, 15) is 4.39 Å². The fourth-order valence-electron chi connectivity index (χ4n) is 1.87. The Morgan fingerprint density at radius 3 is 2.44 bits per heavy atom. The number of hydrazine groups is 1. The van der Waals surface area contributed by atoms with Gasteiger partial charge < -0.3 is 0 Å². The molecule has 2 nitrogen and oxygen atoms in total. The summed E-state index contributed by atoms with van der Waals surface area (Å²) in [5.74, 6) is 5.09. The van der Waals surface area contributed by atoms with Crippen LogP contribution < -0.4 is 11.3 Å². The second kappa shape index (κ2) is 5.48. The number of aryl methyl sites for hydroxylation is 1. The van der Waals surface area contributed by atoms with Gasteiger partial charge in [-0.1, -0.05) is 53.6 Å². The van der Waals surface area contributed by atoms with E-state index in [-0.39, 0.29) is 5.02 Å². The van der Waals surface area contributed by atoms with Gasteiger partial charge >= 0.3 is 0 Å². The van der Waals surface area contributed by atoms with Crippen LogP contribution in [0.2, 0.25) is 5.02 Å². The first-order chi connectivity index (χ1) is 8.63. The summed E-state index contributed by atoms with van der Waals surface area (Å²) in [6.07, 6.45) is 0. The summed E-state index contributed by atoms with van der Waals surface area (Å²) < 4.78 is 14.0. The molecule has 0 fully saturated rings. The van der Waals surface area contributed by atoms with Crippen LogP contribution in [0.15, 0.2) is 42.5 Å². The summed E-state index contributed by atoms with van der Waals surface area (Å²) in [5.41, 5.74) is 5.09. The molecule has 0 aromatic heterocycles. The SMILES string of the molecule is Cc1ccc(C(NN)c2cccc(Cl)c2F)cc1. The Morgan fingerprint density at radius 1 is 1.17 bits per heavy atom. The van der Waals surface area contributed by atoms with Gasteiger partial charge in [0.1, 0.15) is 5.82 Å². The Bertz CT molecular complexity index is 540. The number of halogens is 2. The Morgan fingerprint density at radius 2 is 1.83 bits per heavy atom. The van der Waals surface area contributed by atoms with Crippen LogP contribution in [0.3, 0.4) is 0 Å². The zero-order chi connectivity index (χ0) is 13.1. The van der Waals surface area contributed by atoms with Crippen LogP contribution in [0.1, 0.15) is 22.7 Å². The van der Waals surface area contributed by atoms with Gasteiger partial charge in [0.15, 0.2) is 0 Å². The lowest BCUT2D eigenvalue weighted by atomic mass is 9.98. The fourth-order valence-corrected chi connectivity index (χ4v) is 2.05. The third-order valence-electron chi connectivity index (χ3n) is 2.87. The molecular formula is C14H14ClFN2. The zero-order valence-electron chi connectivity index (χ0n) is 9.95. The molecule has 2 aromatic carbocycles. The molecule has 0 aliphatic heterocycles. The molecule has 18 heavy (non-hydrogen) atoms. The highest BCUT2D eigenvalue weighted by Crippen LogP contribution is 2.27. The van der Waals surface area contributed by atoms with Crippen molar-refractivity contribution in [3.8, 4) is 0 Å². The van der Waals surface area contributed by atoms with E-state index in [1.807, 2.05) is 31.2 Å². The number of rotatable bonds is 3. The standard InChI is InChI=1S/C14H14ClFN2/c1-9-5-7-10(8-6-9)14(18-17)11-3-2-4-12(15)13(11)16/h2-8,14,18H,17H2,1H3. The van der Waals surface area contributed by atoms with Gasteiger partial charge in [0.25, 0.3) is 0 Å². The van der Waals surface area contributed by atoms with Crippen LogP contribution in [0, 0.1) is 12.7 Å². The number of nitrogens with one attached hydrogen (secondary N) is 1. The Labute approximate surface area is 111 Å². The smallest absolute Gasteiger partial charge is 0.146 e. The topological polar surface area (TPSA) is 38.0 Å². The molecule has 2 rings (SSSR count). The normalized spacial score (nSPS) is 12.4. The maximum absolute atomic E-state index is 14.0. The molecule has 0 saturated carbocycles. The summed E-state index contributed by atoms with van der Waals surface area (Å²) >= 11 is 5.78. The third-order valence-corrected chi connectivity index (χ3v) is 3.16. The molecule has 4 heteroatoms. The molecule has 0 heterocycles. The zero-order valence-corrected chi connectivity index (χ0v) is 10.7. The molecular weight excluding hydrogens is 251 g/mol. The van der Waals surface area contributed by atoms with Gasteiger partial charge in [-0.2, -0.15) is 0 Å². The molecule has 3 N–H and O–H groups in total. The van der Waals surface area contributed by atoms with Crippen LogP contribution in [-0.4, -0.2) is 0 Å². The first-order valence-electron chi connectivity index (χ1n) is 5.60. The lowest BCUT2D eigenvalue weighted by Gasteiger charge is -2.18. The number of nitrogens with two attached hydrogens (primary N) is 1. The van der Waals surface area contributed by atoms with Crippen molar-refractivity contribution in [3.63, 3.8) is 0 Å². The number of hydrogen-bond acceptors (Lipinski definition) is 2. The summed E-state index contributed by atoms with van der Waals surface area (Å²) in [7, 11) is 0. The minimum Gasteiger partial charge on any atom is -0.271 e. The van der Waals surface area contributed by atoms with Gasteiger partial charge in [-0.15, -0.1) is 0 Å². The monoisotopic (exact) mass is 264 g/mol. The van der Waals surface area contributed by atoms with Crippen molar-refractivity contribution in [2.75, 3.05) is 0 Å². The Balaban J connectivity index is 2.45. The van der Waals surface area contributed by atoms with Gasteiger partial charge in [-0.3, -0.25) is 5.84 Å². The summed E-state index contributed by atoms with van der Waals surface area (Å²) in [6, 6.07) is 12.2. The van der Waals surface area contributed by atoms with Crippen LogP contribution in [-0.2, 0) is 0 Å². The van der Waals surface area contributed by atoms with E-state index < -0.39 is 11.9 Å². The van der Waals surface area contributed by atoms with Crippen molar-refractivity contribution in [3.05, 3.63) is 70.0 Å². The van der Waals surface area contributed by atoms with Gasteiger partial charge in [0.05, 0.1) is 11.1 Å². The fraction of sp³-hybridized carbons (Fsp3) is 0.143. The molecule has 94 valence electrons. The molecule has 0 amide bonds.